The van der Waals surface area contributed by atoms with Crippen molar-refractivity contribution < 1.29 is 9.59 Å². The Morgan fingerprint density at radius 3 is 2.32 bits per heavy atom. The fourth-order valence-electron chi connectivity index (χ4n) is 2.23. The van der Waals surface area contributed by atoms with Crippen LogP contribution in [0.15, 0.2) is 24.3 Å². The van der Waals surface area contributed by atoms with Crippen molar-refractivity contribution in [3.05, 3.63) is 24.3 Å². The van der Waals surface area contributed by atoms with E-state index >= 15 is 0 Å². The number of imide groups is 1. The number of rotatable bonds is 5. The van der Waals surface area contributed by atoms with Gasteiger partial charge in [0.05, 0.1) is 6.42 Å². The van der Waals surface area contributed by atoms with Gasteiger partial charge in [0.1, 0.15) is 6.04 Å². The van der Waals surface area contributed by atoms with Gasteiger partial charge in [-0.1, -0.05) is 0 Å². The summed E-state index contributed by atoms with van der Waals surface area (Å²) < 4.78 is 0. The van der Waals surface area contributed by atoms with Crippen LogP contribution in [0.4, 0.5) is 11.4 Å². The molecule has 1 aliphatic heterocycles. The van der Waals surface area contributed by atoms with Crippen molar-refractivity contribution >= 4 is 23.2 Å². The second-order valence-corrected chi connectivity index (χ2v) is 4.53. The number of amides is 2. The number of benzene rings is 1. The third-order valence-electron chi connectivity index (χ3n) is 3.31. The highest BCUT2D eigenvalue weighted by Crippen LogP contribution is 2.19. The Morgan fingerprint density at radius 1 is 1.21 bits per heavy atom. The van der Waals surface area contributed by atoms with Crippen molar-refractivity contribution in [1.29, 1.82) is 0 Å². The lowest BCUT2D eigenvalue weighted by Gasteiger charge is -2.21. The van der Waals surface area contributed by atoms with Gasteiger partial charge in [0.25, 0.3) is 0 Å². The SMILES string of the molecule is CCN(CC)c1ccc(NC2CC(=O)NC2=O)cc1. The minimum atomic E-state index is -0.452. The molecule has 0 radical (unpaired) electrons. The van der Waals surface area contributed by atoms with Gasteiger partial charge in [-0.05, 0) is 38.1 Å². The summed E-state index contributed by atoms with van der Waals surface area (Å²) in [5.41, 5.74) is 2.01. The highest BCUT2D eigenvalue weighted by Gasteiger charge is 2.30. The van der Waals surface area contributed by atoms with Gasteiger partial charge in [0.15, 0.2) is 0 Å². The Morgan fingerprint density at radius 2 is 1.84 bits per heavy atom. The van der Waals surface area contributed by atoms with Crippen LogP contribution < -0.4 is 15.5 Å². The first-order chi connectivity index (χ1) is 9.13. The van der Waals surface area contributed by atoms with Crippen molar-refractivity contribution in [1.82, 2.24) is 5.32 Å². The van der Waals surface area contributed by atoms with E-state index in [0.717, 1.165) is 24.5 Å². The van der Waals surface area contributed by atoms with E-state index in [1.54, 1.807) is 0 Å². The molecule has 1 aromatic carbocycles. The number of nitrogens with one attached hydrogen (secondary N) is 2. The molecule has 2 rings (SSSR count). The molecule has 5 nitrogen and oxygen atoms in total. The third kappa shape index (κ3) is 3.05. The molecule has 0 saturated carbocycles. The maximum atomic E-state index is 11.5. The molecule has 0 bridgehead atoms. The van der Waals surface area contributed by atoms with Gasteiger partial charge < -0.3 is 10.2 Å². The van der Waals surface area contributed by atoms with E-state index in [-0.39, 0.29) is 18.2 Å². The van der Waals surface area contributed by atoms with E-state index in [0.29, 0.717) is 0 Å². The summed E-state index contributed by atoms with van der Waals surface area (Å²) in [7, 11) is 0. The average Bonchev–Trinajstić information content (AvgIpc) is 2.71. The summed E-state index contributed by atoms with van der Waals surface area (Å²) in [4.78, 5) is 24.8. The van der Waals surface area contributed by atoms with Crippen molar-refractivity contribution in [3.8, 4) is 0 Å². The van der Waals surface area contributed by atoms with Gasteiger partial charge >= 0.3 is 0 Å². The fourth-order valence-corrected chi connectivity index (χ4v) is 2.23. The van der Waals surface area contributed by atoms with Crippen LogP contribution in [0.2, 0.25) is 0 Å². The summed E-state index contributed by atoms with van der Waals surface area (Å²) in [6.45, 7) is 6.15. The Kier molecular flexibility index (Phi) is 4.04. The lowest BCUT2D eigenvalue weighted by atomic mass is 10.2. The van der Waals surface area contributed by atoms with Gasteiger partial charge in [0, 0.05) is 24.5 Å². The normalized spacial score (nSPS) is 18.3. The fraction of sp³-hybridized carbons (Fsp3) is 0.429. The molecular formula is C14H19N3O2. The van der Waals surface area contributed by atoms with Crippen LogP contribution in [-0.4, -0.2) is 30.9 Å². The Balaban J connectivity index is 2.03. The van der Waals surface area contributed by atoms with E-state index in [2.05, 4.69) is 29.4 Å². The van der Waals surface area contributed by atoms with E-state index in [1.807, 2.05) is 24.3 Å². The Hall–Kier alpha value is -2.04. The monoisotopic (exact) mass is 261 g/mol. The largest absolute Gasteiger partial charge is 0.373 e. The van der Waals surface area contributed by atoms with Crippen LogP contribution in [0.25, 0.3) is 0 Å². The molecule has 19 heavy (non-hydrogen) atoms. The first-order valence-electron chi connectivity index (χ1n) is 6.59. The third-order valence-corrected chi connectivity index (χ3v) is 3.31. The maximum Gasteiger partial charge on any atom is 0.249 e. The highest BCUT2D eigenvalue weighted by atomic mass is 16.2. The highest BCUT2D eigenvalue weighted by molar-refractivity contribution is 6.06. The first kappa shape index (κ1) is 13.4. The number of nitrogens with zero attached hydrogens (tertiary/aromatic N) is 1. The topological polar surface area (TPSA) is 61.4 Å². The quantitative estimate of drug-likeness (QED) is 0.786. The molecule has 1 aliphatic rings. The molecule has 1 aromatic rings. The Labute approximate surface area is 113 Å². The minimum absolute atomic E-state index is 0.205. The number of anilines is 2. The van der Waals surface area contributed by atoms with Crippen LogP contribution in [0.3, 0.4) is 0 Å². The van der Waals surface area contributed by atoms with Crippen molar-refractivity contribution in [2.45, 2.75) is 26.3 Å². The number of hydrogen-bond acceptors (Lipinski definition) is 4. The predicted molar refractivity (Wildman–Crippen MR) is 75.2 cm³/mol. The summed E-state index contributed by atoms with van der Waals surface area (Å²) in [5, 5.41) is 5.36. The molecule has 1 fully saturated rings. The molecular weight excluding hydrogens is 242 g/mol. The summed E-state index contributed by atoms with van der Waals surface area (Å²) in [6.07, 6.45) is 0.205. The summed E-state index contributed by atoms with van der Waals surface area (Å²) >= 11 is 0. The van der Waals surface area contributed by atoms with Crippen molar-refractivity contribution in [2.24, 2.45) is 0 Å². The molecule has 102 valence electrons. The van der Waals surface area contributed by atoms with Crippen LogP contribution in [0.1, 0.15) is 20.3 Å². The van der Waals surface area contributed by atoms with E-state index in [9.17, 15) is 9.59 Å². The molecule has 0 spiro atoms. The zero-order valence-corrected chi connectivity index (χ0v) is 11.3. The standard InChI is InChI=1S/C14H19N3O2/c1-3-17(4-2)11-7-5-10(6-8-11)15-12-9-13(18)16-14(12)19/h5-8,12,15H,3-4,9H2,1-2H3,(H,16,18,19). The smallest absolute Gasteiger partial charge is 0.249 e. The van der Waals surface area contributed by atoms with Crippen molar-refractivity contribution in [2.75, 3.05) is 23.3 Å². The lowest BCUT2D eigenvalue weighted by Crippen LogP contribution is -2.30. The van der Waals surface area contributed by atoms with Crippen LogP contribution in [0, 0.1) is 0 Å². The lowest BCUT2D eigenvalue weighted by molar-refractivity contribution is -0.124. The zero-order valence-electron chi connectivity index (χ0n) is 11.3. The average molecular weight is 261 g/mol. The zero-order chi connectivity index (χ0) is 13.8. The minimum Gasteiger partial charge on any atom is -0.373 e. The van der Waals surface area contributed by atoms with Gasteiger partial charge in [-0.15, -0.1) is 0 Å². The van der Waals surface area contributed by atoms with Crippen molar-refractivity contribution in [3.63, 3.8) is 0 Å². The molecule has 2 N–H and O–H groups in total. The Bertz CT molecular complexity index is 466. The molecule has 1 saturated heterocycles. The van der Waals surface area contributed by atoms with Gasteiger partial charge in [-0.25, -0.2) is 0 Å². The molecule has 1 unspecified atom stereocenters. The number of hydrogen-bond donors (Lipinski definition) is 2. The van der Waals surface area contributed by atoms with Gasteiger partial charge in [0.2, 0.25) is 11.8 Å². The first-order valence-corrected chi connectivity index (χ1v) is 6.59. The van der Waals surface area contributed by atoms with Gasteiger partial charge in [-0.3, -0.25) is 14.9 Å². The molecule has 0 aliphatic carbocycles. The molecule has 1 atom stereocenters. The van der Waals surface area contributed by atoms with Crippen LogP contribution >= 0.6 is 0 Å². The molecule has 5 heteroatoms. The van der Waals surface area contributed by atoms with E-state index in [4.69, 9.17) is 0 Å². The molecule has 2 amide bonds. The summed E-state index contributed by atoms with van der Waals surface area (Å²) in [6, 6.07) is 7.45. The van der Waals surface area contributed by atoms with Gasteiger partial charge in [-0.2, -0.15) is 0 Å². The molecule has 0 aromatic heterocycles. The number of carbonyl (C=O) groups excluding carboxylic acids is 2. The second kappa shape index (κ2) is 5.73. The van der Waals surface area contributed by atoms with E-state index in [1.165, 1.54) is 0 Å². The van der Waals surface area contributed by atoms with E-state index < -0.39 is 6.04 Å². The second-order valence-electron chi connectivity index (χ2n) is 4.53. The van der Waals surface area contributed by atoms with Crippen LogP contribution in [0.5, 0.6) is 0 Å². The number of carbonyl (C=O) groups is 2. The molecule has 1 heterocycles. The summed E-state index contributed by atoms with van der Waals surface area (Å²) in [5.74, 6) is -0.472. The maximum absolute atomic E-state index is 11.5. The predicted octanol–water partition coefficient (Wildman–Crippen LogP) is 1.36. The van der Waals surface area contributed by atoms with Crippen LogP contribution in [-0.2, 0) is 9.59 Å².